The molecule has 0 spiro atoms. The second-order valence-electron chi connectivity index (χ2n) is 4.50. The van der Waals surface area contributed by atoms with Crippen LogP contribution in [0.1, 0.15) is 18.1 Å². The summed E-state index contributed by atoms with van der Waals surface area (Å²) in [6.07, 6.45) is -2.95. The molecule has 2 rings (SSSR count). The number of rotatable bonds is 1. The van der Waals surface area contributed by atoms with Crippen molar-refractivity contribution in [1.29, 1.82) is 0 Å². The molecule has 0 aliphatic carbocycles. The van der Waals surface area contributed by atoms with E-state index in [0.29, 0.717) is 5.56 Å². The Morgan fingerprint density at radius 1 is 1.39 bits per heavy atom. The van der Waals surface area contributed by atoms with Gasteiger partial charge in [-0.3, -0.25) is 4.79 Å². The van der Waals surface area contributed by atoms with Crippen LogP contribution in [0.4, 0.5) is 18.9 Å². The number of alkyl halides is 3. The van der Waals surface area contributed by atoms with Gasteiger partial charge < -0.3 is 4.90 Å². The fourth-order valence-corrected chi connectivity index (χ4v) is 2.19. The molecule has 96 valence electrons. The minimum absolute atomic E-state index is 0.271. The fraction of sp³-hybridized carbons (Fsp3) is 0.308. The molecule has 0 radical (unpaired) electrons. The predicted octanol–water partition coefficient (Wildman–Crippen LogP) is 3.13. The standard InChI is InChI=1S/C13H12F3NO/c1-4-12(2)9-6-5-8(13(14,15)16)7-10(9)17(3)11(12)18/h4-7H,1H2,2-3H3. The molecule has 1 aliphatic heterocycles. The topological polar surface area (TPSA) is 20.3 Å². The first-order valence-electron chi connectivity index (χ1n) is 5.35. The Morgan fingerprint density at radius 3 is 2.50 bits per heavy atom. The second kappa shape index (κ2) is 3.60. The van der Waals surface area contributed by atoms with Crippen LogP contribution < -0.4 is 4.90 Å². The van der Waals surface area contributed by atoms with E-state index in [1.54, 1.807) is 6.92 Å². The van der Waals surface area contributed by atoms with Crippen LogP contribution in [0.15, 0.2) is 30.9 Å². The van der Waals surface area contributed by atoms with Crippen LogP contribution in [0, 0.1) is 0 Å². The lowest BCUT2D eigenvalue weighted by molar-refractivity contribution is -0.137. The summed E-state index contributed by atoms with van der Waals surface area (Å²) in [5.74, 6) is -0.271. The normalized spacial score (nSPS) is 23.2. The van der Waals surface area contributed by atoms with Gasteiger partial charge in [-0.2, -0.15) is 13.2 Å². The zero-order chi connectivity index (χ0) is 13.7. The minimum Gasteiger partial charge on any atom is -0.314 e. The largest absolute Gasteiger partial charge is 0.416 e. The lowest BCUT2D eigenvalue weighted by Gasteiger charge is -2.17. The Morgan fingerprint density at radius 2 is 2.00 bits per heavy atom. The molecule has 1 heterocycles. The van der Waals surface area contributed by atoms with Gasteiger partial charge in [-0.25, -0.2) is 0 Å². The Labute approximate surface area is 103 Å². The zero-order valence-electron chi connectivity index (χ0n) is 10.0. The number of carbonyl (C=O) groups is 1. The summed E-state index contributed by atoms with van der Waals surface area (Å²) in [5.41, 5.74) is -0.863. The smallest absolute Gasteiger partial charge is 0.314 e. The Hall–Kier alpha value is -1.78. The summed E-state index contributed by atoms with van der Waals surface area (Å²) < 4.78 is 37.9. The van der Waals surface area contributed by atoms with E-state index in [-0.39, 0.29) is 11.6 Å². The summed E-state index contributed by atoms with van der Waals surface area (Å²) in [7, 11) is 1.47. The number of likely N-dealkylation sites (N-methyl/N-ethyl adjacent to an activating group) is 1. The number of carbonyl (C=O) groups excluding carboxylic acids is 1. The van der Waals surface area contributed by atoms with Crippen molar-refractivity contribution in [1.82, 2.24) is 0 Å². The molecule has 5 heteroatoms. The highest BCUT2D eigenvalue weighted by Crippen LogP contribution is 2.44. The molecule has 1 aliphatic rings. The average molecular weight is 255 g/mol. The SMILES string of the molecule is C=CC1(C)C(=O)N(C)c2cc(C(F)(F)F)ccc21. The molecule has 0 N–H and O–H groups in total. The highest BCUT2D eigenvalue weighted by molar-refractivity contribution is 6.08. The summed E-state index contributed by atoms with van der Waals surface area (Å²) in [6, 6.07) is 3.34. The maximum absolute atomic E-state index is 12.6. The van der Waals surface area contributed by atoms with Crippen molar-refractivity contribution in [2.75, 3.05) is 11.9 Å². The molecule has 1 amide bonds. The Balaban J connectivity index is 2.65. The monoisotopic (exact) mass is 255 g/mol. The fourth-order valence-electron chi connectivity index (χ4n) is 2.19. The maximum Gasteiger partial charge on any atom is 0.416 e. The van der Waals surface area contributed by atoms with Crippen LogP contribution in [0.3, 0.4) is 0 Å². The van der Waals surface area contributed by atoms with Gasteiger partial charge in [0.1, 0.15) is 0 Å². The third-order valence-corrected chi connectivity index (χ3v) is 3.40. The summed E-state index contributed by atoms with van der Waals surface area (Å²) in [4.78, 5) is 13.3. The van der Waals surface area contributed by atoms with Gasteiger partial charge in [0.2, 0.25) is 5.91 Å². The van der Waals surface area contributed by atoms with Crippen molar-refractivity contribution in [3.05, 3.63) is 42.0 Å². The van der Waals surface area contributed by atoms with E-state index in [9.17, 15) is 18.0 Å². The number of fused-ring (bicyclic) bond motifs is 1. The van der Waals surface area contributed by atoms with E-state index >= 15 is 0 Å². The number of hydrogen-bond acceptors (Lipinski definition) is 1. The van der Waals surface area contributed by atoms with Crippen LogP contribution >= 0.6 is 0 Å². The summed E-state index contributed by atoms with van der Waals surface area (Å²) >= 11 is 0. The number of anilines is 1. The van der Waals surface area contributed by atoms with E-state index in [1.165, 1.54) is 24.1 Å². The van der Waals surface area contributed by atoms with Crippen molar-refractivity contribution in [3.8, 4) is 0 Å². The van der Waals surface area contributed by atoms with E-state index in [2.05, 4.69) is 6.58 Å². The van der Waals surface area contributed by atoms with Crippen molar-refractivity contribution in [3.63, 3.8) is 0 Å². The van der Waals surface area contributed by atoms with Gasteiger partial charge >= 0.3 is 6.18 Å². The van der Waals surface area contributed by atoms with Crippen LogP contribution in [-0.4, -0.2) is 13.0 Å². The molecule has 2 nitrogen and oxygen atoms in total. The number of halogens is 3. The van der Waals surface area contributed by atoms with Gasteiger partial charge in [0.25, 0.3) is 0 Å². The third-order valence-electron chi connectivity index (χ3n) is 3.40. The number of nitrogens with zero attached hydrogens (tertiary/aromatic N) is 1. The van der Waals surface area contributed by atoms with Crippen molar-refractivity contribution in [2.24, 2.45) is 0 Å². The van der Waals surface area contributed by atoms with Crippen LogP contribution in [0.2, 0.25) is 0 Å². The molecule has 1 aromatic carbocycles. The average Bonchev–Trinajstić information content (AvgIpc) is 2.51. The van der Waals surface area contributed by atoms with Crippen LogP contribution in [0.25, 0.3) is 0 Å². The molecule has 0 saturated heterocycles. The molecule has 0 aromatic heterocycles. The first-order valence-corrected chi connectivity index (χ1v) is 5.35. The van der Waals surface area contributed by atoms with Gasteiger partial charge in [-0.05, 0) is 24.6 Å². The first-order chi connectivity index (χ1) is 8.21. The summed E-state index contributed by atoms with van der Waals surface area (Å²) in [6.45, 7) is 5.25. The van der Waals surface area contributed by atoms with E-state index in [0.717, 1.165) is 12.1 Å². The Kier molecular flexibility index (Phi) is 2.54. The molecule has 1 atom stereocenters. The van der Waals surface area contributed by atoms with Crippen LogP contribution in [-0.2, 0) is 16.4 Å². The maximum atomic E-state index is 12.6. The van der Waals surface area contributed by atoms with Gasteiger partial charge in [-0.15, -0.1) is 6.58 Å². The minimum atomic E-state index is -4.41. The molecular weight excluding hydrogens is 243 g/mol. The zero-order valence-corrected chi connectivity index (χ0v) is 10.0. The molecule has 1 aromatic rings. The van der Waals surface area contributed by atoms with Crippen molar-refractivity contribution >= 4 is 11.6 Å². The van der Waals surface area contributed by atoms with Gasteiger partial charge in [0.15, 0.2) is 0 Å². The Bertz CT molecular complexity index is 536. The quantitative estimate of drug-likeness (QED) is 0.706. The molecule has 18 heavy (non-hydrogen) atoms. The van der Waals surface area contributed by atoms with Crippen molar-refractivity contribution < 1.29 is 18.0 Å². The molecule has 0 bridgehead atoms. The first kappa shape index (κ1) is 12.7. The van der Waals surface area contributed by atoms with Crippen LogP contribution in [0.5, 0.6) is 0 Å². The van der Waals surface area contributed by atoms with E-state index in [4.69, 9.17) is 0 Å². The van der Waals surface area contributed by atoms with Gasteiger partial charge in [-0.1, -0.05) is 12.1 Å². The molecular formula is C13H12F3NO. The molecule has 0 fully saturated rings. The third kappa shape index (κ3) is 1.54. The predicted molar refractivity (Wildman–Crippen MR) is 62.4 cm³/mol. The van der Waals surface area contributed by atoms with Crippen molar-refractivity contribution in [2.45, 2.75) is 18.5 Å². The second-order valence-corrected chi connectivity index (χ2v) is 4.50. The number of hydrogen-bond donors (Lipinski definition) is 0. The van der Waals surface area contributed by atoms with Gasteiger partial charge in [0.05, 0.1) is 11.0 Å². The molecule has 0 saturated carbocycles. The number of amides is 1. The molecule has 1 unspecified atom stereocenters. The summed E-state index contributed by atoms with van der Waals surface area (Å²) in [5, 5.41) is 0. The highest BCUT2D eigenvalue weighted by Gasteiger charge is 2.45. The van der Waals surface area contributed by atoms with E-state index in [1.807, 2.05) is 0 Å². The van der Waals surface area contributed by atoms with E-state index < -0.39 is 17.2 Å². The highest BCUT2D eigenvalue weighted by atomic mass is 19.4. The van der Waals surface area contributed by atoms with Gasteiger partial charge in [0, 0.05) is 12.7 Å². The lowest BCUT2D eigenvalue weighted by Crippen LogP contribution is -2.34. The number of benzene rings is 1. The lowest BCUT2D eigenvalue weighted by atomic mass is 9.84.